The fourth-order valence-electron chi connectivity index (χ4n) is 2.28. The second kappa shape index (κ2) is 5.12. The number of hydrogen-bond donors (Lipinski definition) is 1. The first kappa shape index (κ1) is 11.8. The molecule has 16 heavy (non-hydrogen) atoms. The molecule has 0 saturated carbocycles. The quantitative estimate of drug-likeness (QED) is 0.647. The van der Waals surface area contributed by atoms with E-state index < -0.39 is 0 Å². The minimum Gasteiger partial charge on any atom is -0.348 e. The number of nitrogens with zero attached hydrogens (tertiary/aromatic N) is 3. The maximum atomic E-state index is 11.5. The lowest BCUT2D eigenvalue weighted by molar-refractivity contribution is -0.131. The maximum Gasteiger partial charge on any atom is 0.236 e. The van der Waals surface area contributed by atoms with E-state index in [1.54, 1.807) is 4.90 Å². The summed E-state index contributed by atoms with van der Waals surface area (Å²) >= 11 is 0. The van der Waals surface area contributed by atoms with Crippen LogP contribution < -0.4 is 5.32 Å². The van der Waals surface area contributed by atoms with E-state index in [9.17, 15) is 4.79 Å². The SMILES string of the molecule is CN(C)C(=O)CN1CC(N2CCNCC2)C1. The molecule has 1 amide bonds. The zero-order chi connectivity index (χ0) is 11.5. The topological polar surface area (TPSA) is 38.8 Å². The molecule has 0 radical (unpaired) electrons. The van der Waals surface area contributed by atoms with Crippen LogP contribution >= 0.6 is 0 Å². The van der Waals surface area contributed by atoms with Gasteiger partial charge in [0, 0.05) is 59.4 Å². The van der Waals surface area contributed by atoms with Crippen molar-refractivity contribution < 1.29 is 4.79 Å². The molecule has 0 spiro atoms. The highest BCUT2D eigenvalue weighted by Gasteiger charge is 2.33. The van der Waals surface area contributed by atoms with Crippen molar-refractivity contribution in [2.24, 2.45) is 0 Å². The van der Waals surface area contributed by atoms with Gasteiger partial charge in [0.05, 0.1) is 6.54 Å². The van der Waals surface area contributed by atoms with Gasteiger partial charge in [-0.25, -0.2) is 0 Å². The van der Waals surface area contributed by atoms with Gasteiger partial charge in [-0.3, -0.25) is 14.6 Å². The van der Waals surface area contributed by atoms with Gasteiger partial charge >= 0.3 is 0 Å². The van der Waals surface area contributed by atoms with Crippen LogP contribution in [0.3, 0.4) is 0 Å². The Bertz CT molecular complexity index is 244. The predicted molar refractivity (Wildman–Crippen MR) is 63.4 cm³/mol. The zero-order valence-corrected chi connectivity index (χ0v) is 10.3. The molecule has 0 unspecified atom stereocenters. The molecule has 0 aromatic rings. The van der Waals surface area contributed by atoms with Crippen LogP contribution in [0.15, 0.2) is 0 Å². The van der Waals surface area contributed by atoms with Crippen LogP contribution in [0.1, 0.15) is 0 Å². The van der Waals surface area contributed by atoms with E-state index in [-0.39, 0.29) is 5.91 Å². The lowest BCUT2D eigenvalue weighted by Crippen LogP contribution is -2.63. The van der Waals surface area contributed by atoms with E-state index in [0.29, 0.717) is 12.6 Å². The molecule has 2 heterocycles. The summed E-state index contributed by atoms with van der Waals surface area (Å²) in [5.74, 6) is 0.207. The molecule has 2 saturated heterocycles. The zero-order valence-electron chi connectivity index (χ0n) is 10.3. The first-order valence-electron chi connectivity index (χ1n) is 6.04. The standard InChI is InChI=1S/C11H22N4O/c1-13(2)11(16)9-14-7-10(8-14)15-5-3-12-4-6-15/h10,12H,3-9H2,1-2H3. The van der Waals surface area contributed by atoms with Crippen molar-refractivity contribution >= 4 is 5.91 Å². The third-order valence-electron chi connectivity index (χ3n) is 3.46. The van der Waals surface area contributed by atoms with Crippen LogP contribution in [-0.4, -0.2) is 86.6 Å². The summed E-state index contributed by atoms with van der Waals surface area (Å²) in [7, 11) is 3.63. The Hall–Kier alpha value is -0.650. The molecule has 0 atom stereocenters. The van der Waals surface area contributed by atoms with E-state index >= 15 is 0 Å². The van der Waals surface area contributed by atoms with Gasteiger partial charge in [-0.2, -0.15) is 0 Å². The van der Waals surface area contributed by atoms with Crippen LogP contribution in [0.25, 0.3) is 0 Å². The molecular weight excluding hydrogens is 204 g/mol. The first-order valence-corrected chi connectivity index (χ1v) is 6.04. The van der Waals surface area contributed by atoms with E-state index in [1.807, 2.05) is 14.1 Å². The number of carbonyl (C=O) groups excluding carboxylic acids is 1. The molecule has 2 aliphatic heterocycles. The van der Waals surface area contributed by atoms with Crippen LogP contribution in [0, 0.1) is 0 Å². The minimum atomic E-state index is 0.207. The Kier molecular flexibility index (Phi) is 3.78. The minimum absolute atomic E-state index is 0.207. The van der Waals surface area contributed by atoms with Crippen molar-refractivity contribution in [1.82, 2.24) is 20.0 Å². The molecule has 0 aromatic carbocycles. The van der Waals surface area contributed by atoms with Gasteiger partial charge in [0.15, 0.2) is 0 Å². The molecule has 92 valence electrons. The number of carbonyl (C=O) groups is 1. The van der Waals surface area contributed by atoms with Gasteiger partial charge in [-0.1, -0.05) is 0 Å². The third kappa shape index (κ3) is 2.72. The summed E-state index contributed by atoms with van der Waals surface area (Å²) in [6.45, 7) is 7.20. The smallest absolute Gasteiger partial charge is 0.236 e. The fourth-order valence-corrected chi connectivity index (χ4v) is 2.28. The Morgan fingerprint density at radius 1 is 1.31 bits per heavy atom. The number of amides is 1. The number of piperazine rings is 1. The molecule has 1 N–H and O–H groups in total. The molecule has 0 bridgehead atoms. The second-order valence-electron chi connectivity index (χ2n) is 4.92. The van der Waals surface area contributed by atoms with Crippen molar-refractivity contribution in [2.45, 2.75) is 6.04 Å². The van der Waals surface area contributed by atoms with Gasteiger partial charge in [-0.05, 0) is 0 Å². The summed E-state index contributed by atoms with van der Waals surface area (Å²) in [6, 6.07) is 0.678. The molecule has 0 aromatic heterocycles. The average molecular weight is 226 g/mol. The van der Waals surface area contributed by atoms with Crippen LogP contribution in [0.2, 0.25) is 0 Å². The van der Waals surface area contributed by atoms with Gasteiger partial charge in [-0.15, -0.1) is 0 Å². The monoisotopic (exact) mass is 226 g/mol. The van der Waals surface area contributed by atoms with E-state index in [1.165, 1.54) is 0 Å². The first-order chi connectivity index (χ1) is 7.66. The number of hydrogen-bond acceptors (Lipinski definition) is 4. The average Bonchev–Trinajstić information content (AvgIpc) is 2.23. The lowest BCUT2D eigenvalue weighted by Gasteiger charge is -2.46. The largest absolute Gasteiger partial charge is 0.348 e. The molecule has 2 fully saturated rings. The highest BCUT2D eigenvalue weighted by atomic mass is 16.2. The maximum absolute atomic E-state index is 11.5. The molecule has 5 heteroatoms. The summed E-state index contributed by atoms with van der Waals surface area (Å²) in [5.41, 5.74) is 0. The Morgan fingerprint density at radius 2 is 1.94 bits per heavy atom. The van der Waals surface area contributed by atoms with Gasteiger partial charge in [0.25, 0.3) is 0 Å². The number of nitrogens with one attached hydrogen (secondary N) is 1. The van der Waals surface area contributed by atoms with E-state index in [2.05, 4.69) is 15.1 Å². The van der Waals surface area contributed by atoms with Gasteiger partial charge in [0.1, 0.15) is 0 Å². The molecule has 2 aliphatic rings. The summed E-state index contributed by atoms with van der Waals surface area (Å²) in [5, 5.41) is 3.36. The normalized spacial score (nSPS) is 24.1. The summed E-state index contributed by atoms with van der Waals surface area (Å²) in [4.78, 5) is 17.9. The van der Waals surface area contributed by atoms with Crippen molar-refractivity contribution in [3.05, 3.63) is 0 Å². The van der Waals surface area contributed by atoms with Gasteiger partial charge < -0.3 is 10.2 Å². The summed E-state index contributed by atoms with van der Waals surface area (Å²) < 4.78 is 0. The molecular formula is C11H22N4O. The van der Waals surface area contributed by atoms with E-state index in [4.69, 9.17) is 0 Å². The summed E-state index contributed by atoms with van der Waals surface area (Å²) in [6.07, 6.45) is 0. The highest BCUT2D eigenvalue weighted by molar-refractivity contribution is 5.77. The second-order valence-corrected chi connectivity index (χ2v) is 4.92. The molecule has 2 rings (SSSR count). The molecule has 5 nitrogen and oxygen atoms in total. The van der Waals surface area contributed by atoms with Crippen molar-refractivity contribution in [1.29, 1.82) is 0 Å². The Morgan fingerprint density at radius 3 is 2.50 bits per heavy atom. The number of likely N-dealkylation sites (N-methyl/N-ethyl adjacent to an activating group) is 1. The lowest BCUT2D eigenvalue weighted by atomic mass is 10.1. The highest BCUT2D eigenvalue weighted by Crippen LogP contribution is 2.15. The van der Waals surface area contributed by atoms with Crippen molar-refractivity contribution in [3.8, 4) is 0 Å². The predicted octanol–water partition coefficient (Wildman–Crippen LogP) is -1.34. The van der Waals surface area contributed by atoms with Crippen LogP contribution in [0.4, 0.5) is 0 Å². The van der Waals surface area contributed by atoms with Crippen molar-refractivity contribution in [3.63, 3.8) is 0 Å². The Balaban J connectivity index is 1.67. The number of rotatable bonds is 3. The molecule has 0 aliphatic carbocycles. The van der Waals surface area contributed by atoms with Crippen LogP contribution in [-0.2, 0) is 4.79 Å². The Labute approximate surface area is 97.4 Å². The fraction of sp³-hybridized carbons (Fsp3) is 0.909. The third-order valence-corrected chi connectivity index (χ3v) is 3.46. The van der Waals surface area contributed by atoms with Crippen LogP contribution in [0.5, 0.6) is 0 Å². The number of likely N-dealkylation sites (tertiary alicyclic amines) is 1. The van der Waals surface area contributed by atoms with Crippen molar-refractivity contribution in [2.75, 3.05) is 59.9 Å². The van der Waals surface area contributed by atoms with Gasteiger partial charge in [0.2, 0.25) is 5.91 Å². The van der Waals surface area contributed by atoms with E-state index in [0.717, 1.165) is 39.3 Å².